The van der Waals surface area contributed by atoms with E-state index in [1.807, 2.05) is 54.6 Å². The SMILES string of the molecule is COCCN(Cc1ccccc1)C(=O)Cc1noc2ccccc12. The van der Waals surface area contributed by atoms with E-state index in [2.05, 4.69) is 5.16 Å². The smallest absolute Gasteiger partial charge is 0.229 e. The van der Waals surface area contributed by atoms with Gasteiger partial charge in [-0.25, -0.2) is 0 Å². The van der Waals surface area contributed by atoms with Crippen LogP contribution >= 0.6 is 0 Å². The highest BCUT2D eigenvalue weighted by Crippen LogP contribution is 2.19. The highest BCUT2D eigenvalue weighted by molar-refractivity contribution is 5.86. The molecule has 3 aromatic rings. The van der Waals surface area contributed by atoms with Crippen molar-refractivity contribution in [3.8, 4) is 0 Å². The van der Waals surface area contributed by atoms with Crippen LogP contribution in [-0.2, 0) is 22.5 Å². The van der Waals surface area contributed by atoms with E-state index in [4.69, 9.17) is 9.26 Å². The molecule has 1 aromatic heterocycles. The molecule has 0 N–H and O–H groups in total. The summed E-state index contributed by atoms with van der Waals surface area (Å²) in [7, 11) is 1.64. The maximum Gasteiger partial charge on any atom is 0.229 e. The molecule has 3 rings (SSSR count). The van der Waals surface area contributed by atoms with Crippen molar-refractivity contribution in [3.05, 3.63) is 65.9 Å². The zero-order valence-corrected chi connectivity index (χ0v) is 13.6. The summed E-state index contributed by atoms with van der Waals surface area (Å²) >= 11 is 0. The van der Waals surface area contributed by atoms with Crippen LogP contribution in [0.5, 0.6) is 0 Å². The van der Waals surface area contributed by atoms with E-state index in [-0.39, 0.29) is 12.3 Å². The van der Waals surface area contributed by atoms with Gasteiger partial charge in [-0.3, -0.25) is 4.79 Å². The van der Waals surface area contributed by atoms with Crippen molar-refractivity contribution in [1.82, 2.24) is 10.1 Å². The number of carbonyl (C=O) groups excluding carboxylic acids is 1. The first kappa shape index (κ1) is 16.2. The average Bonchev–Trinajstić information content (AvgIpc) is 3.02. The lowest BCUT2D eigenvalue weighted by molar-refractivity contribution is -0.131. The van der Waals surface area contributed by atoms with Crippen LogP contribution in [-0.4, -0.2) is 36.2 Å². The van der Waals surface area contributed by atoms with E-state index in [9.17, 15) is 4.79 Å². The van der Waals surface area contributed by atoms with Crippen molar-refractivity contribution < 1.29 is 14.1 Å². The maximum atomic E-state index is 12.8. The topological polar surface area (TPSA) is 55.6 Å². The van der Waals surface area contributed by atoms with E-state index < -0.39 is 0 Å². The number of rotatable bonds is 7. The van der Waals surface area contributed by atoms with Gasteiger partial charge in [0.15, 0.2) is 5.58 Å². The van der Waals surface area contributed by atoms with Gasteiger partial charge in [0.25, 0.3) is 0 Å². The Morgan fingerprint density at radius 1 is 1.12 bits per heavy atom. The molecule has 0 atom stereocenters. The summed E-state index contributed by atoms with van der Waals surface area (Å²) in [5.41, 5.74) is 2.46. The first-order valence-corrected chi connectivity index (χ1v) is 7.92. The lowest BCUT2D eigenvalue weighted by Crippen LogP contribution is -2.34. The number of methoxy groups -OCH3 is 1. The summed E-state index contributed by atoms with van der Waals surface area (Å²) in [6.07, 6.45) is 0.216. The Bertz CT molecular complexity index is 798. The monoisotopic (exact) mass is 324 g/mol. The number of aromatic nitrogens is 1. The van der Waals surface area contributed by atoms with Gasteiger partial charge in [0, 0.05) is 25.6 Å². The standard InChI is InChI=1S/C19H20N2O3/c1-23-12-11-21(14-15-7-3-2-4-8-15)19(22)13-17-16-9-5-6-10-18(16)24-20-17/h2-10H,11-14H2,1H3. The molecule has 0 bridgehead atoms. The molecule has 0 saturated heterocycles. The van der Waals surface area contributed by atoms with Gasteiger partial charge in [-0.15, -0.1) is 0 Å². The number of hydrogen-bond acceptors (Lipinski definition) is 4. The average molecular weight is 324 g/mol. The zero-order chi connectivity index (χ0) is 16.8. The Kier molecular flexibility index (Phi) is 5.23. The van der Waals surface area contributed by atoms with Crippen molar-refractivity contribution >= 4 is 16.9 Å². The minimum atomic E-state index is 0.00922. The third kappa shape index (κ3) is 3.81. The molecule has 0 aliphatic heterocycles. The third-order valence-electron chi connectivity index (χ3n) is 3.91. The molecule has 0 saturated carbocycles. The van der Waals surface area contributed by atoms with Crippen molar-refractivity contribution in [2.75, 3.05) is 20.3 Å². The highest BCUT2D eigenvalue weighted by Gasteiger charge is 2.18. The summed E-state index contributed by atoms with van der Waals surface area (Å²) in [5.74, 6) is 0.00922. The molecule has 0 fully saturated rings. The molecule has 0 aliphatic carbocycles. The summed E-state index contributed by atoms with van der Waals surface area (Å²) < 4.78 is 10.4. The molecular formula is C19H20N2O3. The minimum Gasteiger partial charge on any atom is -0.383 e. The number of hydrogen-bond donors (Lipinski definition) is 0. The van der Waals surface area contributed by atoms with Crippen molar-refractivity contribution in [2.45, 2.75) is 13.0 Å². The van der Waals surface area contributed by atoms with Crippen LogP contribution in [0.15, 0.2) is 59.1 Å². The Morgan fingerprint density at radius 3 is 2.67 bits per heavy atom. The number of ether oxygens (including phenoxy) is 1. The Hall–Kier alpha value is -2.66. The summed E-state index contributed by atoms with van der Waals surface area (Å²) in [6, 6.07) is 17.5. The first-order valence-electron chi connectivity index (χ1n) is 7.92. The molecule has 0 unspecified atom stereocenters. The fourth-order valence-electron chi connectivity index (χ4n) is 2.62. The van der Waals surface area contributed by atoms with Crippen LogP contribution < -0.4 is 0 Å². The second kappa shape index (κ2) is 7.75. The number of amides is 1. The fourth-order valence-corrected chi connectivity index (χ4v) is 2.62. The van der Waals surface area contributed by atoms with Crippen LogP contribution in [0.1, 0.15) is 11.3 Å². The number of para-hydroxylation sites is 1. The van der Waals surface area contributed by atoms with E-state index in [0.717, 1.165) is 10.9 Å². The number of benzene rings is 2. The largest absolute Gasteiger partial charge is 0.383 e. The second-order valence-electron chi connectivity index (χ2n) is 5.60. The van der Waals surface area contributed by atoms with Crippen LogP contribution in [0.25, 0.3) is 11.0 Å². The molecule has 2 aromatic carbocycles. The molecule has 1 heterocycles. The minimum absolute atomic E-state index is 0.00922. The van der Waals surface area contributed by atoms with E-state index >= 15 is 0 Å². The number of nitrogens with zero attached hydrogens (tertiary/aromatic N) is 2. The van der Waals surface area contributed by atoms with Crippen molar-refractivity contribution in [3.63, 3.8) is 0 Å². The Labute approximate surface area is 140 Å². The first-order chi connectivity index (χ1) is 11.8. The predicted molar refractivity (Wildman–Crippen MR) is 91.4 cm³/mol. The van der Waals surface area contributed by atoms with Gasteiger partial charge in [0.2, 0.25) is 5.91 Å². The molecular weight excluding hydrogens is 304 g/mol. The van der Waals surface area contributed by atoms with Crippen LogP contribution in [0.3, 0.4) is 0 Å². The second-order valence-corrected chi connectivity index (χ2v) is 5.60. The van der Waals surface area contributed by atoms with Crippen molar-refractivity contribution in [2.24, 2.45) is 0 Å². The molecule has 0 spiro atoms. The van der Waals surface area contributed by atoms with Gasteiger partial charge in [-0.2, -0.15) is 0 Å². The van der Waals surface area contributed by atoms with Gasteiger partial charge < -0.3 is 14.2 Å². The molecule has 0 aliphatic rings. The van der Waals surface area contributed by atoms with Gasteiger partial charge in [0.05, 0.1) is 13.0 Å². The van der Waals surface area contributed by atoms with Gasteiger partial charge >= 0.3 is 0 Å². The summed E-state index contributed by atoms with van der Waals surface area (Å²) in [6.45, 7) is 1.59. The molecule has 24 heavy (non-hydrogen) atoms. The lowest BCUT2D eigenvalue weighted by atomic mass is 10.1. The molecule has 5 nitrogen and oxygen atoms in total. The fraction of sp³-hybridized carbons (Fsp3) is 0.263. The summed E-state index contributed by atoms with van der Waals surface area (Å²) in [4.78, 5) is 14.5. The van der Waals surface area contributed by atoms with Gasteiger partial charge in [-0.1, -0.05) is 47.6 Å². The number of fused-ring (bicyclic) bond motifs is 1. The van der Waals surface area contributed by atoms with E-state index in [1.165, 1.54) is 0 Å². The zero-order valence-electron chi connectivity index (χ0n) is 13.6. The number of carbonyl (C=O) groups is 1. The lowest BCUT2D eigenvalue weighted by Gasteiger charge is -2.22. The quantitative estimate of drug-likeness (QED) is 0.670. The van der Waals surface area contributed by atoms with Crippen molar-refractivity contribution in [1.29, 1.82) is 0 Å². The molecule has 5 heteroatoms. The van der Waals surface area contributed by atoms with E-state index in [0.29, 0.717) is 31.0 Å². The third-order valence-corrected chi connectivity index (χ3v) is 3.91. The molecule has 0 radical (unpaired) electrons. The highest BCUT2D eigenvalue weighted by atomic mass is 16.5. The van der Waals surface area contributed by atoms with E-state index in [1.54, 1.807) is 12.0 Å². The Balaban J connectivity index is 1.75. The molecule has 124 valence electrons. The molecule has 1 amide bonds. The Morgan fingerprint density at radius 2 is 1.88 bits per heavy atom. The van der Waals surface area contributed by atoms with Crippen LogP contribution in [0.2, 0.25) is 0 Å². The summed E-state index contributed by atoms with van der Waals surface area (Å²) in [5, 5.41) is 4.94. The maximum absolute atomic E-state index is 12.8. The predicted octanol–water partition coefficient (Wildman–Crippen LogP) is 3.05. The normalized spacial score (nSPS) is 10.9. The van der Waals surface area contributed by atoms with Crippen LogP contribution in [0, 0.1) is 0 Å². The van der Waals surface area contributed by atoms with Crippen LogP contribution in [0.4, 0.5) is 0 Å². The van der Waals surface area contributed by atoms with Gasteiger partial charge in [0.1, 0.15) is 5.69 Å². The van der Waals surface area contributed by atoms with Gasteiger partial charge in [-0.05, 0) is 17.7 Å².